The Morgan fingerprint density at radius 2 is 1.96 bits per heavy atom. The largest absolute Gasteiger partial charge is 0.484 e. The number of aryl methyl sites for hydroxylation is 2. The number of carbonyl (C=O) groups excluding carboxylic acids is 1. The molecule has 3 nitrogen and oxygen atoms in total. The monoisotopic (exact) mass is 417 g/mol. The first kappa shape index (κ1) is 20.5. The molecule has 0 saturated carbocycles. The zero-order valence-electron chi connectivity index (χ0n) is 16.1. The summed E-state index contributed by atoms with van der Waals surface area (Å²) in [6.07, 6.45) is 3.39. The van der Waals surface area contributed by atoms with Crippen molar-refractivity contribution < 1.29 is 9.53 Å². The summed E-state index contributed by atoms with van der Waals surface area (Å²) in [5.74, 6) is 1.03. The van der Waals surface area contributed by atoms with Crippen LogP contribution in [0.5, 0.6) is 5.75 Å². The molecule has 0 aliphatic heterocycles. The third-order valence-electron chi connectivity index (χ3n) is 4.36. The summed E-state index contributed by atoms with van der Waals surface area (Å²) in [6, 6.07) is 12.0. The van der Waals surface area contributed by atoms with E-state index >= 15 is 0 Å². The number of ether oxygens (including phenoxy) is 1. The fourth-order valence-corrected chi connectivity index (χ4v) is 3.44. The van der Waals surface area contributed by atoms with Gasteiger partial charge in [-0.05, 0) is 82.6 Å². The lowest BCUT2D eigenvalue weighted by atomic mass is 9.98. The van der Waals surface area contributed by atoms with Gasteiger partial charge in [0.2, 0.25) is 0 Å². The van der Waals surface area contributed by atoms with Crippen molar-refractivity contribution in [1.82, 2.24) is 0 Å². The molecule has 0 bridgehead atoms. The first-order chi connectivity index (χ1) is 12.4. The highest BCUT2D eigenvalue weighted by molar-refractivity contribution is 9.10. The quantitative estimate of drug-likeness (QED) is 0.551. The van der Waals surface area contributed by atoms with Crippen LogP contribution in [-0.2, 0) is 11.2 Å². The van der Waals surface area contributed by atoms with E-state index in [1.807, 2.05) is 18.2 Å². The number of amides is 1. The van der Waals surface area contributed by atoms with Crippen LogP contribution in [-0.4, -0.2) is 12.5 Å². The van der Waals surface area contributed by atoms with Gasteiger partial charge in [0.25, 0.3) is 5.91 Å². The Kier molecular flexibility index (Phi) is 7.70. The Bertz CT molecular complexity index is 756. The lowest BCUT2D eigenvalue weighted by Crippen LogP contribution is -2.20. The predicted octanol–water partition coefficient (Wildman–Crippen LogP) is 6.24. The van der Waals surface area contributed by atoms with Crippen molar-refractivity contribution in [1.29, 1.82) is 0 Å². The molecule has 0 aliphatic carbocycles. The van der Waals surface area contributed by atoms with Gasteiger partial charge in [0.15, 0.2) is 6.61 Å². The zero-order valence-corrected chi connectivity index (χ0v) is 17.7. The van der Waals surface area contributed by atoms with Gasteiger partial charge in [-0.25, -0.2) is 0 Å². The van der Waals surface area contributed by atoms with Crippen LogP contribution >= 0.6 is 15.9 Å². The Morgan fingerprint density at radius 1 is 1.19 bits per heavy atom. The van der Waals surface area contributed by atoms with E-state index in [9.17, 15) is 4.79 Å². The normalized spacial score (nSPS) is 10.8. The van der Waals surface area contributed by atoms with Gasteiger partial charge in [0, 0.05) is 4.47 Å². The van der Waals surface area contributed by atoms with Gasteiger partial charge < -0.3 is 10.1 Å². The first-order valence-electron chi connectivity index (χ1n) is 9.22. The highest BCUT2D eigenvalue weighted by atomic mass is 79.9. The standard InChI is InChI=1S/C22H28BrNO2/c1-5-6-7-17-8-11-21(20(23)13-17)24-22(25)14-26-18-9-10-19(15(2)3)16(4)12-18/h8-13,15H,5-7,14H2,1-4H3,(H,24,25). The van der Waals surface area contributed by atoms with Crippen LogP contribution < -0.4 is 10.1 Å². The second kappa shape index (κ2) is 9.77. The molecule has 0 aliphatic rings. The zero-order chi connectivity index (χ0) is 19.1. The number of nitrogens with one attached hydrogen (secondary N) is 1. The fourth-order valence-electron chi connectivity index (χ4n) is 2.92. The van der Waals surface area contributed by atoms with Gasteiger partial charge in [0.05, 0.1) is 5.69 Å². The number of halogens is 1. The molecule has 0 atom stereocenters. The maximum atomic E-state index is 12.2. The summed E-state index contributed by atoms with van der Waals surface area (Å²) in [5.41, 5.74) is 4.52. The van der Waals surface area contributed by atoms with Crippen molar-refractivity contribution in [3.05, 3.63) is 57.6 Å². The number of benzene rings is 2. The van der Waals surface area contributed by atoms with Crippen LogP contribution in [0.4, 0.5) is 5.69 Å². The average Bonchev–Trinajstić information content (AvgIpc) is 2.60. The minimum absolute atomic E-state index is 0.00943. The minimum atomic E-state index is -0.169. The molecule has 0 aromatic heterocycles. The van der Waals surface area contributed by atoms with Crippen molar-refractivity contribution in [2.75, 3.05) is 11.9 Å². The van der Waals surface area contributed by atoms with Crippen molar-refractivity contribution >= 4 is 27.5 Å². The summed E-state index contributed by atoms with van der Waals surface area (Å²) >= 11 is 3.54. The van der Waals surface area contributed by atoms with Crippen LogP contribution in [0.25, 0.3) is 0 Å². The molecule has 1 amide bonds. The number of unbranched alkanes of at least 4 members (excludes halogenated alkanes) is 1. The third kappa shape index (κ3) is 5.87. The van der Waals surface area contributed by atoms with Crippen LogP contribution in [0.3, 0.4) is 0 Å². The molecule has 0 fully saturated rings. The second-order valence-corrected chi connectivity index (χ2v) is 7.78. The molecule has 2 aromatic rings. The molecule has 2 aromatic carbocycles. The number of hydrogen-bond donors (Lipinski definition) is 1. The number of carbonyl (C=O) groups is 1. The molecule has 0 saturated heterocycles. The van der Waals surface area contributed by atoms with Gasteiger partial charge in [-0.15, -0.1) is 0 Å². The molecule has 0 radical (unpaired) electrons. The third-order valence-corrected chi connectivity index (χ3v) is 5.02. The van der Waals surface area contributed by atoms with E-state index in [1.54, 1.807) is 0 Å². The summed E-state index contributed by atoms with van der Waals surface area (Å²) < 4.78 is 6.54. The molecule has 26 heavy (non-hydrogen) atoms. The molecule has 140 valence electrons. The van der Waals surface area contributed by atoms with Gasteiger partial charge in [-0.1, -0.05) is 39.3 Å². The van der Waals surface area contributed by atoms with Gasteiger partial charge in [-0.2, -0.15) is 0 Å². The van der Waals surface area contributed by atoms with E-state index < -0.39 is 0 Å². The number of hydrogen-bond acceptors (Lipinski definition) is 2. The van der Waals surface area contributed by atoms with Crippen LogP contribution in [0.1, 0.15) is 56.2 Å². The number of rotatable bonds is 8. The Morgan fingerprint density at radius 3 is 2.58 bits per heavy atom. The molecule has 0 heterocycles. The lowest BCUT2D eigenvalue weighted by Gasteiger charge is -2.13. The van der Waals surface area contributed by atoms with E-state index in [4.69, 9.17) is 4.74 Å². The molecule has 4 heteroatoms. The summed E-state index contributed by atoms with van der Waals surface area (Å²) in [5, 5.41) is 2.90. The van der Waals surface area contributed by atoms with Crippen LogP contribution in [0, 0.1) is 6.92 Å². The highest BCUT2D eigenvalue weighted by Crippen LogP contribution is 2.25. The maximum absolute atomic E-state index is 12.2. The molecule has 0 unspecified atom stereocenters. The van der Waals surface area contributed by atoms with Crippen LogP contribution in [0.15, 0.2) is 40.9 Å². The van der Waals surface area contributed by atoms with Crippen molar-refractivity contribution in [2.24, 2.45) is 0 Å². The summed E-state index contributed by atoms with van der Waals surface area (Å²) in [7, 11) is 0. The molecule has 2 rings (SSSR count). The van der Waals surface area contributed by atoms with Crippen LogP contribution in [0.2, 0.25) is 0 Å². The molecular weight excluding hydrogens is 390 g/mol. The summed E-state index contributed by atoms with van der Waals surface area (Å²) in [4.78, 5) is 12.2. The topological polar surface area (TPSA) is 38.3 Å². The average molecular weight is 418 g/mol. The minimum Gasteiger partial charge on any atom is -0.484 e. The van der Waals surface area contributed by atoms with E-state index in [2.05, 4.69) is 67.1 Å². The van der Waals surface area contributed by atoms with Gasteiger partial charge in [0.1, 0.15) is 5.75 Å². The van der Waals surface area contributed by atoms with E-state index in [-0.39, 0.29) is 12.5 Å². The second-order valence-electron chi connectivity index (χ2n) is 6.93. The van der Waals surface area contributed by atoms with Crippen molar-refractivity contribution in [3.8, 4) is 5.75 Å². The molecular formula is C22H28BrNO2. The molecule has 1 N–H and O–H groups in total. The Balaban J connectivity index is 1.92. The maximum Gasteiger partial charge on any atom is 0.262 e. The fraction of sp³-hybridized carbons (Fsp3) is 0.409. The summed E-state index contributed by atoms with van der Waals surface area (Å²) in [6.45, 7) is 8.58. The van der Waals surface area contributed by atoms with E-state index in [0.29, 0.717) is 5.92 Å². The number of anilines is 1. The Labute approximate surface area is 165 Å². The van der Waals surface area contributed by atoms with Gasteiger partial charge in [-0.3, -0.25) is 4.79 Å². The Hall–Kier alpha value is -1.81. The van der Waals surface area contributed by atoms with E-state index in [1.165, 1.54) is 29.5 Å². The predicted molar refractivity (Wildman–Crippen MR) is 112 cm³/mol. The molecule has 0 spiro atoms. The highest BCUT2D eigenvalue weighted by Gasteiger charge is 2.09. The SMILES string of the molecule is CCCCc1ccc(NC(=O)COc2ccc(C(C)C)c(C)c2)c(Br)c1. The van der Waals surface area contributed by atoms with E-state index in [0.717, 1.165) is 22.3 Å². The first-order valence-corrected chi connectivity index (χ1v) is 10.0. The van der Waals surface area contributed by atoms with Crippen molar-refractivity contribution in [3.63, 3.8) is 0 Å². The lowest BCUT2D eigenvalue weighted by molar-refractivity contribution is -0.118. The smallest absolute Gasteiger partial charge is 0.262 e. The van der Waals surface area contributed by atoms with Gasteiger partial charge >= 0.3 is 0 Å². The van der Waals surface area contributed by atoms with Crippen molar-refractivity contribution in [2.45, 2.75) is 52.9 Å².